The van der Waals surface area contributed by atoms with Crippen molar-refractivity contribution in [3.8, 4) is 0 Å². The average molecular weight is 231 g/mol. The van der Waals surface area contributed by atoms with Gasteiger partial charge in [0.2, 0.25) is 0 Å². The number of rotatable bonds is 0. The molecule has 0 unspecified atom stereocenters. The van der Waals surface area contributed by atoms with E-state index in [1.165, 1.54) is 0 Å². The van der Waals surface area contributed by atoms with Gasteiger partial charge in [0.25, 0.3) is 0 Å². The maximum atomic E-state index is 0. The minimum atomic E-state index is 0. The first-order valence-corrected chi connectivity index (χ1v) is 0. The molecule has 0 N–H and O–H groups in total. The molecule has 0 bridgehead atoms. The Labute approximate surface area is 79.9 Å². The maximum Gasteiger partial charge on any atom is 0.187 e. The van der Waals surface area contributed by atoms with E-state index in [4.69, 9.17) is 0 Å². The molecule has 0 saturated heterocycles. The van der Waals surface area contributed by atoms with E-state index in [1.54, 1.807) is 0 Å². The van der Waals surface area contributed by atoms with Crippen molar-refractivity contribution in [3.05, 3.63) is 0 Å². The standard InChI is InChI=1S/Al.3ClH.Zr.3H/h;3*1H;;;;. The summed E-state index contributed by atoms with van der Waals surface area (Å²) in [5.74, 6) is 0. The largest absolute Gasteiger partial charge is 0.187 e. The zero-order valence-electron chi connectivity index (χ0n) is 1.72. The van der Waals surface area contributed by atoms with E-state index in [1.807, 2.05) is 0 Å². The molecule has 0 saturated carbocycles. The Morgan fingerprint density at radius 1 is 0.600 bits per heavy atom. The fourth-order valence-electron chi connectivity index (χ4n) is 0. The molecular weight excluding hydrogens is 225 g/mol. The van der Waals surface area contributed by atoms with Crippen molar-refractivity contribution in [1.29, 1.82) is 0 Å². The van der Waals surface area contributed by atoms with Crippen LogP contribution in [-0.2, 0) is 26.2 Å². The van der Waals surface area contributed by atoms with Crippen LogP contribution in [0.4, 0.5) is 0 Å². The number of hydrogen-bond donors (Lipinski definition) is 0. The summed E-state index contributed by atoms with van der Waals surface area (Å²) in [5.41, 5.74) is 0. The van der Waals surface area contributed by atoms with Crippen LogP contribution in [0.15, 0.2) is 0 Å². The average Bonchev–Trinajstić information content (AvgIpc) is 0. The SMILES string of the molecule is Cl.Cl.Cl.[AlH3].[Zr]. The molecule has 0 aromatic carbocycles. The molecule has 5 heteroatoms. The van der Waals surface area contributed by atoms with Gasteiger partial charge < -0.3 is 0 Å². The summed E-state index contributed by atoms with van der Waals surface area (Å²) in [6, 6.07) is 0. The van der Waals surface area contributed by atoms with Gasteiger partial charge in [-0.3, -0.25) is 0 Å². The van der Waals surface area contributed by atoms with Gasteiger partial charge in [0, 0.05) is 26.2 Å². The van der Waals surface area contributed by atoms with E-state index in [-0.39, 0.29) is 80.8 Å². The van der Waals surface area contributed by atoms with Gasteiger partial charge in [0.15, 0.2) is 17.4 Å². The molecule has 0 aliphatic heterocycles. The van der Waals surface area contributed by atoms with Gasteiger partial charge in [-0.05, 0) is 0 Å². The van der Waals surface area contributed by atoms with Crippen molar-refractivity contribution in [1.82, 2.24) is 0 Å². The Bertz CT molecular complexity index is 6.85. The summed E-state index contributed by atoms with van der Waals surface area (Å²) in [6.45, 7) is 0. The van der Waals surface area contributed by atoms with Crippen LogP contribution in [0, 0.1) is 0 Å². The third-order valence-corrected chi connectivity index (χ3v) is 0. The Morgan fingerprint density at radius 3 is 0.600 bits per heavy atom. The molecule has 34 valence electrons. The first-order valence-electron chi connectivity index (χ1n) is 0. The van der Waals surface area contributed by atoms with Crippen molar-refractivity contribution in [2.75, 3.05) is 0 Å². The Hall–Kier alpha value is 2.29. The molecule has 0 aromatic rings. The van der Waals surface area contributed by atoms with E-state index in [0.29, 0.717) is 0 Å². The topological polar surface area (TPSA) is 0 Å². The fourth-order valence-corrected chi connectivity index (χ4v) is 0. The van der Waals surface area contributed by atoms with Crippen LogP contribution >= 0.6 is 37.2 Å². The van der Waals surface area contributed by atoms with E-state index in [0.717, 1.165) is 0 Å². The van der Waals surface area contributed by atoms with Gasteiger partial charge in [0.05, 0.1) is 0 Å². The molecule has 0 fully saturated rings. The quantitative estimate of drug-likeness (QED) is 0.517. The molecule has 0 amide bonds. The Morgan fingerprint density at radius 2 is 0.600 bits per heavy atom. The van der Waals surface area contributed by atoms with E-state index in [2.05, 4.69) is 0 Å². The first kappa shape index (κ1) is 55.1. The van der Waals surface area contributed by atoms with Crippen LogP contribution in [-0.4, -0.2) is 17.4 Å². The van der Waals surface area contributed by atoms with Crippen LogP contribution < -0.4 is 0 Å². The number of halogens is 3. The normalized spacial score (nSPS) is 0. The summed E-state index contributed by atoms with van der Waals surface area (Å²) in [5, 5.41) is 0. The Kier molecular flexibility index (Phi) is 370. The molecule has 0 radical (unpaired) electrons. The van der Waals surface area contributed by atoms with E-state index < -0.39 is 0 Å². The van der Waals surface area contributed by atoms with Crippen LogP contribution in [0.2, 0.25) is 0 Å². The fraction of sp³-hybridized carbons (Fsp3) is 0. The summed E-state index contributed by atoms with van der Waals surface area (Å²) in [7, 11) is 0. The second kappa shape index (κ2) is 33.6. The Balaban J connectivity index is 0. The van der Waals surface area contributed by atoms with Crippen molar-refractivity contribution in [2.45, 2.75) is 0 Å². The van der Waals surface area contributed by atoms with Crippen molar-refractivity contribution < 1.29 is 26.2 Å². The van der Waals surface area contributed by atoms with Crippen LogP contribution in [0.25, 0.3) is 0 Å². The molecule has 5 heavy (non-hydrogen) atoms. The molecule has 0 nitrogen and oxygen atoms in total. The smallest absolute Gasteiger partial charge is 0.147 e. The van der Waals surface area contributed by atoms with E-state index >= 15 is 0 Å². The minimum absolute atomic E-state index is 0. The molecule has 0 spiro atoms. The van der Waals surface area contributed by atoms with Crippen LogP contribution in [0.3, 0.4) is 0 Å². The molecule has 0 atom stereocenters. The molecule has 0 aliphatic carbocycles. The van der Waals surface area contributed by atoms with Crippen molar-refractivity contribution in [2.24, 2.45) is 0 Å². The summed E-state index contributed by atoms with van der Waals surface area (Å²) >= 11 is 0. The summed E-state index contributed by atoms with van der Waals surface area (Å²) in [4.78, 5) is 0. The zero-order chi connectivity index (χ0) is 0. The van der Waals surface area contributed by atoms with Crippen molar-refractivity contribution >= 4 is 54.6 Å². The van der Waals surface area contributed by atoms with Gasteiger partial charge >= 0.3 is 0 Å². The van der Waals surface area contributed by atoms with Gasteiger partial charge in [-0.1, -0.05) is 0 Å². The molecule has 0 aliphatic rings. The second-order valence-electron chi connectivity index (χ2n) is 0. The monoisotopic (exact) mass is 228 g/mol. The van der Waals surface area contributed by atoms with Gasteiger partial charge in [0.1, 0.15) is 0 Å². The van der Waals surface area contributed by atoms with E-state index in [9.17, 15) is 0 Å². The number of hydrogen-bond acceptors (Lipinski definition) is 0. The summed E-state index contributed by atoms with van der Waals surface area (Å²) in [6.07, 6.45) is 0. The molecular formula is H6AlCl3Zr. The second-order valence-corrected chi connectivity index (χ2v) is 0. The third kappa shape index (κ3) is 22.1. The van der Waals surface area contributed by atoms with Crippen LogP contribution in [0.5, 0.6) is 0 Å². The zero-order valence-corrected chi connectivity index (χ0v) is 6.63. The predicted molar refractivity (Wildman–Crippen MR) is 31.7 cm³/mol. The third-order valence-electron chi connectivity index (χ3n) is 0. The molecule has 0 heterocycles. The first-order chi connectivity index (χ1) is 0. The van der Waals surface area contributed by atoms with Gasteiger partial charge in [-0.15, -0.1) is 37.2 Å². The molecule has 0 rings (SSSR count). The van der Waals surface area contributed by atoms with Crippen LogP contribution in [0.1, 0.15) is 0 Å². The van der Waals surface area contributed by atoms with Gasteiger partial charge in [-0.2, -0.15) is 0 Å². The predicted octanol–water partition coefficient (Wildman–Crippen LogP) is 0.0790. The molecule has 0 aromatic heterocycles. The van der Waals surface area contributed by atoms with Crippen molar-refractivity contribution in [3.63, 3.8) is 0 Å². The summed E-state index contributed by atoms with van der Waals surface area (Å²) < 4.78 is 0. The maximum absolute atomic E-state index is 0. The minimum Gasteiger partial charge on any atom is -0.147 e. The van der Waals surface area contributed by atoms with Gasteiger partial charge in [-0.25, -0.2) is 0 Å².